The third-order valence-corrected chi connectivity index (χ3v) is 9.27. The van der Waals surface area contributed by atoms with Gasteiger partial charge >= 0.3 is 0 Å². The van der Waals surface area contributed by atoms with Gasteiger partial charge in [0.2, 0.25) is 0 Å². The number of hydrogen-bond donors (Lipinski definition) is 3. The Morgan fingerprint density at radius 1 is 0.357 bits per heavy atom. The number of nitrogens with zero attached hydrogens (tertiary/aromatic N) is 1. The Morgan fingerprint density at radius 2 is 0.643 bits per heavy atom. The Morgan fingerprint density at radius 3 is 1.02 bits per heavy atom. The lowest BCUT2D eigenvalue weighted by Crippen LogP contribution is -1.82. The van der Waals surface area contributed by atoms with Crippen molar-refractivity contribution in [3.63, 3.8) is 0 Å². The summed E-state index contributed by atoms with van der Waals surface area (Å²) in [6, 6.07) is 34.7. The van der Waals surface area contributed by atoms with E-state index in [4.69, 9.17) is 4.98 Å². The summed E-state index contributed by atoms with van der Waals surface area (Å²) in [7, 11) is 0. The summed E-state index contributed by atoms with van der Waals surface area (Å²) in [4.78, 5) is 17.1. The molecular formula is C38H28N4. The highest BCUT2D eigenvalue weighted by Crippen LogP contribution is 2.42. The standard InChI is InChI=1S/C38H28N4/c1-20-31-23-12-4-6-14-25(23)33(39-31)21(2)35-27-16-8-10-18-29(27)37(41-35)38-30-19-11-9-17-28(30)36(42-38)22(3)34-26-15-7-5-13-24(26)32(20)40-34/h4-19,39,41-42H,1-3H3. The van der Waals surface area contributed by atoms with E-state index in [0.29, 0.717) is 0 Å². The molecule has 4 nitrogen and oxygen atoms in total. The lowest BCUT2D eigenvalue weighted by molar-refractivity contribution is 1.32. The van der Waals surface area contributed by atoms with E-state index in [1.165, 1.54) is 49.0 Å². The van der Waals surface area contributed by atoms with Gasteiger partial charge in [-0.05, 0) is 37.5 Å². The highest BCUT2D eigenvalue weighted by atomic mass is 14.8. The molecule has 8 aromatic rings. The molecule has 1 aliphatic heterocycles. The third kappa shape index (κ3) is 2.98. The summed E-state index contributed by atoms with van der Waals surface area (Å²) < 4.78 is 0. The molecule has 4 aromatic carbocycles. The minimum absolute atomic E-state index is 1.02. The van der Waals surface area contributed by atoms with Crippen molar-refractivity contribution in [1.82, 2.24) is 19.9 Å². The largest absolute Gasteiger partial charge is 0.354 e. The van der Waals surface area contributed by atoms with E-state index < -0.39 is 0 Å². The van der Waals surface area contributed by atoms with Gasteiger partial charge in [0.05, 0.1) is 44.5 Å². The molecule has 42 heavy (non-hydrogen) atoms. The molecule has 8 bridgehead atoms. The molecule has 9 rings (SSSR count). The molecule has 0 saturated heterocycles. The molecule has 3 N–H and O–H groups in total. The SMILES string of the molecule is Cc1c2nc(c(C)c3[nH]c(c4ccccc34)c3[nH]c(c(C)c4[nH]c1c1ccccc41)c1ccccc13)-c1ccccc1-2. The fraction of sp³-hybridized carbons (Fsp3) is 0.0789. The predicted molar refractivity (Wildman–Crippen MR) is 177 cm³/mol. The molecule has 0 saturated carbocycles. The molecule has 1 aliphatic rings. The first-order valence-electron chi connectivity index (χ1n) is 14.5. The van der Waals surface area contributed by atoms with Gasteiger partial charge in [-0.2, -0.15) is 0 Å². The van der Waals surface area contributed by atoms with E-state index in [2.05, 4.69) is 133 Å². The van der Waals surface area contributed by atoms with Crippen LogP contribution in [-0.2, 0) is 0 Å². The maximum atomic E-state index is 5.40. The molecule has 5 heterocycles. The summed E-state index contributed by atoms with van der Waals surface area (Å²) in [6.07, 6.45) is 0. The molecule has 200 valence electrons. The molecule has 0 unspecified atom stereocenters. The van der Waals surface area contributed by atoms with Crippen LogP contribution in [0.3, 0.4) is 0 Å². The lowest BCUT2D eigenvalue weighted by atomic mass is 9.99. The first kappa shape index (κ1) is 23.4. The highest BCUT2D eigenvalue weighted by molar-refractivity contribution is 6.21. The van der Waals surface area contributed by atoms with E-state index in [0.717, 1.165) is 55.6 Å². The zero-order valence-corrected chi connectivity index (χ0v) is 23.7. The van der Waals surface area contributed by atoms with Gasteiger partial charge in [0.1, 0.15) is 0 Å². The summed E-state index contributed by atoms with van der Waals surface area (Å²) in [5.74, 6) is 0. The van der Waals surface area contributed by atoms with E-state index >= 15 is 0 Å². The monoisotopic (exact) mass is 540 g/mol. The zero-order chi connectivity index (χ0) is 28.1. The van der Waals surface area contributed by atoms with Gasteiger partial charge < -0.3 is 15.0 Å². The normalized spacial score (nSPS) is 12.2. The number of nitrogens with one attached hydrogen (secondary N) is 3. The van der Waals surface area contributed by atoms with Crippen molar-refractivity contribution in [2.75, 3.05) is 0 Å². The number of rotatable bonds is 0. The van der Waals surface area contributed by atoms with E-state index in [9.17, 15) is 0 Å². The van der Waals surface area contributed by atoms with Crippen molar-refractivity contribution in [3.05, 3.63) is 114 Å². The minimum atomic E-state index is 1.02. The Hall–Kier alpha value is -5.35. The average Bonchev–Trinajstić information content (AvgIpc) is 3.80. The van der Waals surface area contributed by atoms with Gasteiger partial charge in [0.15, 0.2) is 0 Å². The molecule has 0 spiro atoms. The van der Waals surface area contributed by atoms with Crippen LogP contribution in [0.25, 0.3) is 87.9 Å². The molecule has 0 atom stereocenters. The fourth-order valence-electron chi connectivity index (χ4n) is 7.18. The Balaban J connectivity index is 1.65. The van der Waals surface area contributed by atoms with Gasteiger partial charge in [0.25, 0.3) is 0 Å². The Bertz CT molecular complexity index is 2560. The number of H-pyrrole nitrogens is 3. The number of fused-ring (bicyclic) bond motifs is 21. The highest BCUT2D eigenvalue weighted by Gasteiger charge is 2.22. The van der Waals surface area contributed by atoms with Crippen molar-refractivity contribution in [2.45, 2.75) is 20.8 Å². The predicted octanol–water partition coefficient (Wildman–Crippen LogP) is 10.2. The quantitative estimate of drug-likeness (QED) is 0.176. The van der Waals surface area contributed by atoms with E-state index in [1.807, 2.05) is 0 Å². The number of aromatic amines is 3. The molecule has 0 aliphatic carbocycles. The average molecular weight is 541 g/mol. The van der Waals surface area contributed by atoms with Crippen molar-refractivity contribution >= 4 is 65.4 Å². The van der Waals surface area contributed by atoms with Crippen LogP contribution in [0, 0.1) is 20.8 Å². The molecule has 0 amide bonds. The summed E-state index contributed by atoms with van der Waals surface area (Å²) in [6.45, 7) is 6.63. The second-order valence-corrected chi connectivity index (χ2v) is 11.5. The smallest absolute Gasteiger partial charge is 0.0766 e. The minimum Gasteiger partial charge on any atom is -0.354 e. The maximum absolute atomic E-state index is 5.40. The number of aryl methyl sites for hydroxylation is 3. The van der Waals surface area contributed by atoms with Crippen LogP contribution in [0.2, 0.25) is 0 Å². The van der Waals surface area contributed by atoms with Crippen LogP contribution in [0.15, 0.2) is 97.1 Å². The molecule has 0 radical (unpaired) electrons. The van der Waals surface area contributed by atoms with Crippen molar-refractivity contribution in [2.24, 2.45) is 0 Å². The van der Waals surface area contributed by atoms with Gasteiger partial charge in [-0.1, -0.05) is 97.1 Å². The summed E-state index contributed by atoms with van der Waals surface area (Å²) >= 11 is 0. The van der Waals surface area contributed by atoms with Crippen molar-refractivity contribution < 1.29 is 0 Å². The van der Waals surface area contributed by atoms with Gasteiger partial charge in [-0.15, -0.1) is 0 Å². The molecular weight excluding hydrogens is 512 g/mol. The lowest BCUT2D eigenvalue weighted by Gasteiger charge is -2.02. The Kier molecular flexibility index (Phi) is 4.64. The van der Waals surface area contributed by atoms with Crippen LogP contribution >= 0.6 is 0 Å². The van der Waals surface area contributed by atoms with Gasteiger partial charge in [0, 0.05) is 43.4 Å². The first-order chi connectivity index (χ1) is 20.6. The zero-order valence-electron chi connectivity index (χ0n) is 23.7. The summed E-state index contributed by atoms with van der Waals surface area (Å²) in [5, 5.41) is 7.23. The number of aromatic nitrogens is 4. The third-order valence-electron chi connectivity index (χ3n) is 9.27. The van der Waals surface area contributed by atoms with E-state index in [1.54, 1.807) is 0 Å². The van der Waals surface area contributed by atoms with E-state index in [-0.39, 0.29) is 0 Å². The summed E-state index contributed by atoms with van der Waals surface area (Å²) in [5.41, 5.74) is 14.5. The number of benzene rings is 4. The first-order valence-corrected chi connectivity index (χ1v) is 14.5. The fourth-order valence-corrected chi connectivity index (χ4v) is 7.18. The van der Waals surface area contributed by atoms with Crippen LogP contribution in [0.1, 0.15) is 16.7 Å². The van der Waals surface area contributed by atoms with Crippen molar-refractivity contribution in [1.29, 1.82) is 0 Å². The van der Waals surface area contributed by atoms with Gasteiger partial charge in [-0.3, -0.25) is 0 Å². The molecule has 4 aromatic heterocycles. The van der Waals surface area contributed by atoms with Crippen LogP contribution < -0.4 is 0 Å². The number of hydrogen-bond acceptors (Lipinski definition) is 1. The van der Waals surface area contributed by atoms with Crippen molar-refractivity contribution in [3.8, 4) is 22.5 Å². The second-order valence-electron chi connectivity index (χ2n) is 11.5. The maximum Gasteiger partial charge on any atom is 0.0766 e. The molecule has 4 heteroatoms. The Labute approximate surface area is 242 Å². The van der Waals surface area contributed by atoms with Crippen LogP contribution in [0.4, 0.5) is 0 Å². The van der Waals surface area contributed by atoms with Crippen LogP contribution in [-0.4, -0.2) is 19.9 Å². The second kappa shape index (κ2) is 8.34. The topological polar surface area (TPSA) is 60.3 Å². The van der Waals surface area contributed by atoms with Crippen LogP contribution in [0.5, 0.6) is 0 Å². The van der Waals surface area contributed by atoms with Gasteiger partial charge in [-0.25, -0.2) is 4.98 Å². The molecule has 0 fully saturated rings.